The van der Waals surface area contributed by atoms with E-state index in [1.165, 1.54) is 4.90 Å². The molecule has 6 heteroatoms. The minimum atomic E-state index is -3.13. The SMILES string of the molecule is CC(C)(C)OC(=O)N1CCC(O)C(F)(F)CC1. The molecule has 1 saturated heterocycles. The number of likely N-dealkylation sites (tertiary alicyclic amines) is 1. The lowest BCUT2D eigenvalue weighted by Gasteiger charge is -2.26. The summed E-state index contributed by atoms with van der Waals surface area (Å²) in [6, 6.07) is 0. The summed E-state index contributed by atoms with van der Waals surface area (Å²) in [5.74, 6) is -3.13. The Morgan fingerprint density at radius 1 is 1.41 bits per heavy atom. The van der Waals surface area contributed by atoms with E-state index >= 15 is 0 Å². The highest BCUT2D eigenvalue weighted by atomic mass is 19.3. The average Bonchev–Trinajstić information content (AvgIpc) is 2.25. The number of rotatable bonds is 0. The Morgan fingerprint density at radius 2 is 2.00 bits per heavy atom. The Morgan fingerprint density at radius 3 is 2.53 bits per heavy atom. The fourth-order valence-corrected chi connectivity index (χ4v) is 1.56. The molecule has 0 aromatic rings. The molecule has 1 atom stereocenters. The van der Waals surface area contributed by atoms with Crippen LogP contribution in [0.3, 0.4) is 0 Å². The van der Waals surface area contributed by atoms with Gasteiger partial charge >= 0.3 is 6.09 Å². The van der Waals surface area contributed by atoms with Crippen molar-refractivity contribution in [1.29, 1.82) is 0 Å². The summed E-state index contributed by atoms with van der Waals surface area (Å²) in [4.78, 5) is 12.9. The Labute approximate surface area is 99.5 Å². The van der Waals surface area contributed by atoms with Gasteiger partial charge in [-0.2, -0.15) is 0 Å². The minimum Gasteiger partial charge on any atom is -0.444 e. The van der Waals surface area contributed by atoms with Gasteiger partial charge < -0.3 is 14.7 Å². The van der Waals surface area contributed by atoms with E-state index in [-0.39, 0.29) is 19.5 Å². The lowest BCUT2D eigenvalue weighted by atomic mass is 10.1. The summed E-state index contributed by atoms with van der Waals surface area (Å²) in [6.45, 7) is 5.13. The zero-order chi connectivity index (χ0) is 13.3. The van der Waals surface area contributed by atoms with Crippen molar-refractivity contribution in [2.45, 2.75) is 51.2 Å². The van der Waals surface area contributed by atoms with Gasteiger partial charge in [-0.1, -0.05) is 0 Å². The first-order valence-corrected chi connectivity index (χ1v) is 5.66. The number of hydrogen-bond donors (Lipinski definition) is 1. The number of alkyl halides is 2. The maximum Gasteiger partial charge on any atom is 0.410 e. The molecule has 0 aromatic heterocycles. The minimum absolute atomic E-state index is 0.0890. The maximum atomic E-state index is 13.2. The number of ether oxygens (including phenoxy) is 1. The number of hydrogen-bond acceptors (Lipinski definition) is 3. The third-order valence-corrected chi connectivity index (χ3v) is 2.53. The predicted molar refractivity (Wildman–Crippen MR) is 58.0 cm³/mol. The monoisotopic (exact) mass is 251 g/mol. The van der Waals surface area contributed by atoms with Gasteiger partial charge in [-0.3, -0.25) is 0 Å². The van der Waals surface area contributed by atoms with E-state index in [4.69, 9.17) is 4.74 Å². The highest BCUT2D eigenvalue weighted by Gasteiger charge is 2.41. The van der Waals surface area contributed by atoms with Crippen LogP contribution in [0.2, 0.25) is 0 Å². The van der Waals surface area contributed by atoms with Gasteiger partial charge in [-0.15, -0.1) is 0 Å². The van der Waals surface area contributed by atoms with Gasteiger partial charge in [0.25, 0.3) is 5.92 Å². The molecule has 1 fully saturated rings. The Hall–Kier alpha value is -0.910. The third-order valence-electron chi connectivity index (χ3n) is 2.53. The van der Waals surface area contributed by atoms with Crippen LogP contribution >= 0.6 is 0 Å². The molecule has 0 spiro atoms. The topological polar surface area (TPSA) is 49.8 Å². The molecule has 1 N–H and O–H groups in total. The van der Waals surface area contributed by atoms with E-state index in [2.05, 4.69) is 0 Å². The molecule has 17 heavy (non-hydrogen) atoms. The van der Waals surface area contributed by atoms with E-state index in [1.54, 1.807) is 20.8 Å². The first kappa shape index (κ1) is 14.2. The number of carbonyl (C=O) groups is 1. The van der Waals surface area contributed by atoms with Gasteiger partial charge in [0, 0.05) is 19.5 Å². The second-order valence-corrected chi connectivity index (χ2v) is 5.28. The first-order chi connectivity index (χ1) is 7.62. The molecule has 1 amide bonds. The summed E-state index contributed by atoms with van der Waals surface area (Å²) in [6.07, 6.45) is -2.96. The number of nitrogens with zero attached hydrogens (tertiary/aromatic N) is 1. The fraction of sp³-hybridized carbons (Fsp3) is 0.909. The van der Waals surface area contributed by atoms with Crippen molar-refractivity contribution in [3.05, 3.63) is 0 Å². The van der Waals surface area contributed by atoms with Gasteiger partial charge in [-0.05, 0) is 27.2 Å². The molecule has 4 nitrogen and oxygen atoms in total. The van der Waals surface area contributed by atoms with E-state index in [9.17, 15) is 18.7 Å². The number of aliphatic hydroxyl groups is 1. The van der Waals surface area contributed by atoms with Crippen LogP contribution < -0.4 is 0 Å². The van der Waals surface area contributed by atoms with Crippen LogP contribution in [-0.4, -0.2) is 46.8 Å². The lowest BCUT2D eigenvalue weighted by Crippen LogP contribution is -2.37. The molecule has 1 rings (SSSR count). The molecule has 1 heterocycles. The normalized spacial score (nSPS) is 25.3. The van der Waals surface area contributed by atoms with Crippen LogP contribution in [0.5, 0.6) is 0 Å². The molecular formula is C11H19F2NO3. The molecular weight excluding hydrogens is 232 g/mol. The van der Waals surface area contributed by atoms with Crippen LogP contribution in [0.25, 0.3) is 0 Å². The Bertz CT molecular complexity index is 289. The second kappa shape index (κ2) is 4.76. The number of aliphatic hydroxyl groups excluding tert-OH is 1. The van der Waals surface area contributed by atoms with E-state index in [0.29, 0.717) is 0 Å². The largest absolute Gasteiger partial charge is 0.444 e. The predicted octanol–water partition coefficient (Wildman–Crippen LogP) is 2.01. The van der Waals surface area contributed by atoms with E-state index < -0.39 is 30.1 Å². The fourth-order valence-electron chi connectivity index (χ4n) is 1.56. The molecule has 1 unspecified atom stereocenters. The highest BCUT2D eigenvalue weighted by Crippen LogP contribution is 2.28. The van der Waals surface area contributed by atoms with Gasteiger partial charge in [0.05, 0.1) is 0 Å². The van der Waals surface area contributed by atoms with Gasteiger partial charge in [0.1, 0.15) is 11.7 Å². The molecule has 1 aliphatic rings. The van der Waals surface area contributed by atoms with Crippen molar-refractivity contribution in [2.24, 2.45) is 0 Å². The first-order valence-electron chi connectivity index (χ1n) is 5.66. The maximum absolute atomic E-state index is 13.2. The van der Waals surface area contributed by atoms with Crippen molar-refractivity contribution in [1.82, 2.24) is 4.90 Å². The third kappa shape index (κ3) is 4.11. The number of carbonyl (C=O) groups excluding carboxylic acids is 1. The standard InChI is InChI=1S/C11H19F2NO3/c1-10(2,3)17-9(16)14-6-4-8(15)11(12,13)5-7-14/h8,15H,4-7H2,1-3H3. The van der Waals surface area contributed by atoms with Gasteiger partial charge in [-0.25, -0.2) is 13.6 Å². The summed E-state index contributed by atoms with van der Waals surface area (Å²) < 4.78 is 31.5. The number of amides is 1. The van der Waals surface area contributed by atoms with Crippen LogP contribution in [0, 0.1) is 0 Å². The highest BCUT2D eigenvalue weighted by molar-refractivity contribution is 5.68. The van der Waals surface area contributed by atoms with Crippen molar-refractivity contribution >= 4 is 6.09 Å². The molecule has 0 bridgehead atoms. The van der Waals surface area contributed by atoms with Gasteiger partial charge in [0.15, 0.2) is 0 Å². The Kier molecular flexibility index (Phi) is 3.96. The summed E-state index contributed by atoms with van der Waals surface area (Å²) in [7, 11) is 0. The zero-order valence-corrected chi connectivity index (χ0v) is 10.4. The summed E-state index contributed by atoms with van der Waals surface area (Å²) in [5.41, 5.74) is -0.648. The average molecular weight is 251 g/mol. The smallest absolute Gasteiger partial charge is 0.410 e. The Balaban J connectivity index is 2.60. The second-order valence-electron chi connectivity index (χ2n) is 5.28. The van der Waals surface area contributed by atoms with Crippen LogP contribution in [0.15, 0.2) is 0 Å². The van der Waals surface area contributed by atoms with Crippen LogP contribution in [0.1, 0.15) is 33.6 Å². The molecule has 0 aromatic carbocycles. The van der Waals surface area contributed by atoms with E-state index in [1.807, 2.05) is 0 Å². The van der Waals surface area contributed by atoms with Crippen molar-refractivity contribution < 1.29 is 23.4 Å². The molecule has 0 saturated carbocycles. The molecule has 100 valence electrons. The van der Waals surface area contributed by atoms with Crippen LogP contribution in [-0.2, 0) is 4.74 Å². The van der Waals surface area contributed by atoms with Gasteiger partial charge in [0.2, 0.25) is 0 Å². The van der Waals surface area contributed by atoms with Crippen molar-refractivity contribution in [3.8, 4) is 0 Å². The zero-order valence-electron chi connectivity index (χ0n) is 10.4. The summed E-state index contributed by atoms with van der Waals surface area (Å²) in [5, 5.41) is 9.22. The van der Waals surface area contributed by atoms with Crippen LogP contribution in [0.4, 0.5) is 13.6 Å². The van der Waals surface area contributed by atoms with E-state index in [0.717, 1.165) is 0 Å². The molecule has 0 aliphatic carbocycles. The molecule has 1 aliphatic heterocycles. The van der Waals surface area contributed by atoms with Crippen molar-refractivity contribution in [2.75, 3.05) is 13.1 Å². The quantitative estimate of drug-likeness (QED) is 0.716. The van der Waals surface area contributed by atoms with Crippen molar-refractivity contribution in [3.63, 3.8) is 0 Å². The lowest BCUT2D eigenvalue weighted by molar-refractivity contribution is -0.108. The summed E-state index contributed by atoms with van der Waals surface area (Å²) >= 11 is 0. The molecule has 0 radical (unpaired) electrons. The number of halogens is 2.